The molecule has 2 saturated heterocycles. The third-order valence-electron chi connectivity index (χ3n) is 10.1. The first-order valence-electron chi connectivity index (χ1n) is 18.2. The van der Waals surface area contributed by atoms with E-state index in [0.29, 0.717) is 49.2 Å². The zero-order chi connectivity index (χ0) is 40.1. The number of ether oxygens (including phenoxy) is 2. The first-order valence-corrected chi connectivity index (χ1v) is 18.6. The van der Waals surface area contributed by atoms with Gasteiger partial charge in [0.15, 0.2) is 17.4 Å². The second-order valence-electron chi connectivity index (χ2n) is 13.6. The number of nitrogen functional groups attached to an aromatic ring is 1. The SMILES string of the molecule is CCc1cc(NCC(=O)N2CCN(C/C=C/C(=O)NCCNC3C(=O)C(=O)C3NCC3OC(n4cnc5c(=O)[nH]c(N)nc54)C(O)C3O)CC2)c(OC)cc1Cl. The molecule has 1 aliphatic carbocycles. The highest BCUT2D eigenvalue weighted by atomic mass is 35.5. The van der Waals surface area contributed by atoms with Crippen LogP contribution >= 0.6 is 11.6 Å². The molecule has 0 radical (unpaired) electrons. The summed E-state index contributed by atoms with van der Waals surface area (Å²) in [5.74, 6) is -1.22. The molecule has 21 heteroatoms. The number of rotatable bonds is 16. The summed E-state index contributed by atoms with van der Waals surface area (Å²) >= 11 is 6.29. The number of hydrogen-bond acceptors (Lipinski definition) is 16. The first-order chi connectivity index (χ1) is 26.9. The number of H-pyrrole nitrogens is 1. The number of methoxy groups -OCH3 is 1. The Morgan fingerprint density at radius 2 is 1.82 bits per heavy atom. The molecular weight excluding hydrogens is 754 g/mol. The van der Waals surface area contributed by atoms with Crippen molar-refractivity contribution in [3.05, 3.63) is 51.6 Å². The molecule has 6 unspecified atom stereocenters. The number of aliphatic hydroxyl groups excluding tert-OH is 2. The van der Waals surface area contributed by atoms with Crippen LogP contribution in [0.25, 0.3) is 11.2 Å². The average Bonchev–Trinajstić information content (AvgIpc) is 3.74. The van der Waals surface area contributed by atoms with Crippen LogP contribution in [0.4, 0.5) is 11.6 Å². The van der Waals surface area contributed by atoms with Gasteiger partial charge in [-0.3, -0.25) is 38.4 Å². The molecule has 1 aromatic carbocycles. The van der Waals surface area contributed by atoms with Crippen molar-refractivity contribution in [2.75, 3.05) is 77.1 Å². The quantitative estimate of drug-likeness (QED) is 0.0424. The van der Waals surface area contributed by atoms with E-state index >= 15 is 0 Å². The maximum absolute atomic E-state index is 12.9. The molecule has 0 bridgehead atoms. The number of amides is 2. The predicted molar refractivity (Wildman–Crippen MR) is 203 cm³/mol. The van der Waals surface area contributed by atoms with Crippen molar-refractivity contribution in [1.82, 2.24) is 45.3 Å². The van der Waals surface area contributed by atoms with Crippen molar-refractivity contribution in [3.63, 3.8) is 0 Å². The Labute approximate surface area is 325 Å². The molecule has 2 aromatic heterocycles. The smallest absolute Gasteiger partial charge is 0.280 e. The van der Waals surface area contributed by atoms with Crippen molar-refractivity contribution in [2.45, 2.75) is 50.0 Å². The molecule has 56 heavy (non-hydrogen) atoms. The first kappa shape index (κ1) is 40.7. The van der Waals surface area contributed by atoms with Crippen LogP contribution in [0.1, 0.15) is 18.7 Å². The number of carbonyl (C=O) groups excluding carboxylic acids is 4. The Kier molecular flexibility index (Phi) is 13.0. The number of piperazine rings is 1. The monoisotopic (exact) mass is 799 g/mol. The largest absolute Gasteiger partial charge is 0.495 e. The number of ketones is 2. The van der Waals surface area contributed by atoms with Gasteiger partial charge in [0.25, 0.3) is 5.56 Å². The Bertz CT molecular complexity index is 2030. The maximum atomic E-state index is 12.9. The van der Waals surface area contributed by atoms with Gasteiger partial charge in [-0.25, -0.2) is 4.98 Å². The molecule has 3 fully saturated rings. The zero-order valence-electron chi connectivity index (χ0n) is 30.9. The Morgan fingerprint density at radius 3 is 2.54 bits per heavy atom. The number of aromatic nitrogens is 4. The Balaban J connectivity index is 0.873. The highest BCUT2D eigenvalue weighted by molar-refractivity contribution is 6.49. The summed E-state index contributed by atoms with van der Waals surface area (Å²) < 4.78 is 12.5. The lowest BCUT2D eigenvalue weighted by atomic mass is 9.83. The van der Waals surface area contributed by atoms with Gasteiger partial charge in [-0.05, 0) is 18.1 Å². The van der Waals surface area contributed by atoms with Crippen LogP contribution in [0.5, 0.6) is 5.75 Å². The number of nitrogens with one attached hydrogen (secondary N) is 5. The van der Waals surface area contributed by atoms with Gasteiger partial charge < -0.3 is 51.6 Å². The Hall–Kier alpha value is -4.96. The molecule has 3 aromatic rings. The number of aliphatic hydroxyl groups is 2. The summed E-state index contributed by atoms with van der Waals surface area (Å²) in [6.07, 6.45) is 0.209. The third kappa shape index (κ3) is 8.86. The summed E-state index contributed by atoms with van der Waals surface area (Å²) in [5.41, 5.74) is 6.77. The van der Waals surface area contributed by atoms with Gasteiger partial charge in [-0.15, -0.1) is 0 Å². The molecule has 1 saturated carbocycles. The molecule has 302 valence electrons. The van der Waals surface area contributed by atoms with Crippen LogP contribution in [-0.4, -0.2) is 159 Å². The fraction of sp³-hybridized carbons (Fsp3) is 0.514. The highest BCUT2D eigenvalue weighted by Gasteiger charge is 2.50. The van der Waals surface area contributed by atoms with Gasteiger partial charge in [0.05, 0.1) is 37.8 Å². The number of nitrogens with two attached hydrogens (primary N) is 1. The van der Waals surface area contributed by atoms with Crippen molar-refractivity contribution in [1.29, 1.82) is 0 Å². The van der Waals surface area contributed by atoms with E-state index in [2.05, 4.69) is 41.1 Å². The number of halogens is 1. The number of imidazole rings is 1. The minimum atomic E-state index is -1.43. The molecule has 9 N–H and O–H groups in total. The number of fused-ring (bicyclic) bond motifs is 1. The number of nitrogens with zero attached hydrogens (tertiary/aromatic N) is 5. The highest BCUT2D eigenvalue weighted by Crippen LogP contribution is 2.32. The van der Waals surface area contributed by atoms with E-state index in [-0.39, 0.29) is 55.1 Å². The zero-order valence-corrected chi connectivity index (χ0v) is 31.6. The standard InChI is InChI=1S/C35H46ClN11O9/c1-3-18-13-20(21(55-2)14-19(18)36)40-16-24(49)46-11-9-45(10-12-46)8-4-5-23(48)38-6-7-39-25-26(30(52)29(25)51)41-15-22-28(50)31(53)34(56-22)47-17-42-27-32(47)43-35(37)44-33(27)54/h4-5,13-14,17,22,25-26,28,31,34,39-41,50,53H,3,6-12,15-16H2,1-2H3,(H,38,48)(H3,37,43,44,54)/b5-4+. The van der Waals surface area contributed by atoms with Crippen LogP contribution in [0.15, 0.2) is 35.4 Å². The lowest BCUT2D eigenvalue weighted by molar-refractivity contribution is -0.147. The fourth-order valence-corrected chi connectivity index (χ4v) is 7.14. The second-order valence-corrected chi connectivity index (χ2v) is 14.0. The summed E-state index contributed by atoms with van der Waals surface area (Å²) in [5, 5.41) is 33.8. The lowest BCUT2D eigenvalue weighted by Gasteiger charge is -2.35. The maximum Gasteiger partial charge on any atom is 0.280 e. The molecule has 2 aliphatic heterocycles. The normalized spacial score (nSPS) is 24.2. The molecule has 6 rings (SSSR count). The van der Waals surface area contributed by atoms with Crippen molar-refractivity contribution in [3.8, 4) is 5.75 Å². The summed E-state index contributed by atoms with van der Waals surface area (Å²) in [7, 11) is 1.55. The van der Waals surface area contributed by atoms with Crippen molar-refractivity contribution >= 4 is 57.8 Å². The van der Waals surface area contributed by atoms with E-state index in [0.717, 1.165) is 12.0 Å². The van der Waals surface area contributed by atoms with Gasteiger partial charge in [0.2, 0.25) is 29.3 Å². The molecule has 4 heterocycles. The number of benzene rings is 1. The minimum Gasteiger partial charge on any atom is -0.495 e. The van der Waals surface area contributed by atoms with Crippen LogP contribution < -0.4 is 37.3 Å². The number of aromatic amines is 1. The summed E-state index contributed by atoms with van der Waals surface area (Å²) in [4.78, 5) is 76.4. The van der Waals surface area contributed by atoms with Crippen molar-refractivity contribution < 1.29 is 38.9 Å². The van der Waals surface area contributed by atoms with Crippen LogP contribution in [0.3, 0.4) is 0 Å². The molecule has 6 atom stereocenters. The third-order valence-corrected chi connectivity index (χ3v) is 10.4. The van der Waals surface area contributed by atoms with E-state index in [9.17, 15) is 34.2 Å². The number of Topliss-reactive ketones (excluding diaryl/α,β-unsaturated/α-hetero) is 2. The fourth-order valence-electron chi connectivity index (χ4n) is 6.86. The topological polar surface area (TPSA) is 271 Å². The van der Waals surface area contributed by atoms with Gasteiger partial charge in [0, 0.05) is 69.5 Å². The predicted octanol–water partition coefficient (Wildman–Crippen LogP) is -2.46. The van der Waals surface area contributed by atoms with E-state index in [1.165, 1.54) is 17.0 Å². The average molecular weight is 800 g/mol. The molecule has 20 nitrogen and oxygen atoms in total. The van der Waals surface area contributed by atoms with Crippen LogP contribution in [-0.2, 0) is 30.3 Å². The molecular formula is C35H46ClN11O9. The summed E-state index contributed by atoms with van der Waals surface area (Å²) in [6.45, 7) is 5.35. The molecule has 0 spiro atoms. The van der Waals surface area contributed by atoms with E-state index in [1.54, 1.807) is 24.2 Å². The van der Waals surface area contributed by atoms with Gasteiger partial charge >= 0.3 is 0 Å². The lowest BCUT2D eigenvalue weighted by Crippen LogP contribution is -2.70. The van der Waals surface area contributed by atoms with Gasteiger partial charge in [-0.1, -0.05) is 24.6 Å². The Morgan fingerprint density at radius 1 is 1.09 bits per heavy atom. The molecule has 2 amide bonds. The van der Waals surface area contributed by atoms with E-state index < -0.39 is 53.7 Å². The number of aryl methyl sites for hydroxylation is 1. The van der Waals surface area contributed by atoms with Crippen molar-refractivity contribution in [2.24, 2.45) is 0 Å². The number of hydrogen-bond donors (Lipinski definition) is 8. The van der Waals surface area contributed by atoms with E-state index in [4.69, 9.17) is 26.8 Å². The van der Waals surface area contributed by atoms with Gasteiger partial charge in [-0.2, -0.15) is 4.98 Å². The molecule has 3 aliphatic rings. The number of anilines is 2. The number of carbonyl (C=O) groups is 4. The van der Waals surface area contributed by atoms with Gasteiger partial charge in [0.1, 0.15) is 24.1 Å². The summed E-state index contributed by atoms with van der Waals surface area (Å²) in [6, 6.07) is 1.87. The minimum absolute atomic E-state index is 0.0287. The van der Waals surface area contributed by atoms with Crippen LogP contribution in [0.2, 0.25) is 5.02 Å². The van der Waals surface area contributed by atoms with Crippen LogP contribution in [0, 0.1) is 0 Å². The van der Waals surface area contributed by atoms with E-state index in [1.807, 2.05) is 13.0 Å². The second kappa shape index (κ2) is 17.9.